The molecule has 0 aromatic heterocycles. The average molecular weight is 460 g/mol. The van der Waals surface area contributed by atoms with Gasteiger partial charge in [-0.05, 0) is 42.3 Å². The molecule has 2 aromatic carbocycles. The van der Waals surface area contributed by atoms with Crippen molar-refractivity contribution in [3.05, 3.63) is 59.7 Å². The van der Waals surface area contributed by atoms with Crippen molar-refractivity contribution in [2.24, 2.45) is 5.16 Å². The summed E-state index contributed by atoms with van der Waals surface area (Å²) in [6.07, 6.45) is 7.56. The Kier molecular flexibility index (Phi) is 10.5. The van der Waals surface area contributed by atoms with Gasteiger partial charge < -0.3 is 5.32 Å². The summed E-state index contributed by atoms with van der Waals surface area (Å²) in [5, 5.41) is 8.86. The Morgan fingerprint density at radius 2 is 1.61 bits per heavy atom. The van der Waals surface area contributed by atoms with E-state index in [1.807, 2.05) is 0 Å². The van der Waals surface area contributed by atoms with Crippen molar-refractivity contribution in [3.8, 4) is 0 Å². The van der Waals surface area contributed by atoms with Crippen LogP contribution in [0.5, 0.6) is 0 Å². The molecule has 2 amide bonds. The lowest BCUT2D eigenvalue weighted by molar-refractivity contribution is -0.116. The number of carbonyl (C=O) groups excluding carboxylic acids is 2. The summed E-state index contributed by atoms with van der Waals surface area (Å²) in [6.45, 7) is 2.98. The number of alkyl halides is 2. The lowest BCUT2D eigenvalue weighted by atomic mass is 10.1. The van der Waals surface area contributed by atoms with Gasteiger partial charge in [-0.1, -0.05) is 62.4 Å². The van der Waals surface area contributed by atoms with E-state index in [9.17, 15) is 18.4 Å². The quantitative estimate of drug-likeness (QED) is 0.154. The smallest absolute Gasteiger partial charge is 0.326 e. The maximum absolute atomic E-state index is 13.4. The second-order valence-electron chi connectivity index (χ2n) is 7.90. The van der Waals surface area contributed by atoms with E-state index < -0.39 is 12.0 Å². The third-order valence-corrected chi connectivity index (χ3v) is 4.90. The molecule has 0 fully saturated rings. The average Bonchev–Trinajstić information content (AvgIpc) is 2.77. The SMILES string of the molecule is CCCCCCCCC(=O)Nc1ccc(NC(=O)O/N=C/c2cccc(C(C)(F)F)c2)cc1. The minimum Gasteiger partial charge on any atom is -0.326 e. The van der Waals surface area contributed by atoms with Gasteiger partial charge >= 0.3 is 6.09 Å². The summed E-state index contributed by atoms with van der Waals surface area (Å²) in [5.41, 5.74) is 1.31. The molecule has 0 aliphatic carbocycles. The Balaban J connectivity index is 1.74. The number of oxime groups is 1. The van der Waals surface area contributed by atoms with Crippen LogP contribution in [0, 0.1) is 0 Å². The van der Waals surface area contributed by atoms with Crippen LogP contribution < -0.4 is 10.6 Å². The number of carbonyl (C=O) groups is 2. The van der Waals surface area contributed by atoms with Crippen LogP contribution in [-0.2, 0) is 15.6 Å². The highest BCUT2D eigenvalue weighted by atomic mass is 19.3. The van der Waals surface area contributed by atoms with Gasteiger partial charge in [-0.15, -0.1) is 0 Å². The summed E-state index contributed by atoms with van der Waals surface area (Å²) in [6, 6.07) is 12.2. The fraction of sp³-hybridized carbons (Fsp3) is 0.400. The second kappa shape index (κ2) is 13.3. The van der Waals surface area contributed by atoms with Crippen molar-refractivity contribution < 1.29 is 23.2 Å². The number of amides is 2. The van der Waals surface area contributed by atoms with E-state index >= 15 is 0 Å². The number of anilines is 2. The molecule has 178 valence electrons. The van der Waals surface area contributed by atoms with Crippen LogP contribution in [0.15, 0.2) is 53.7 Å². The van der Waals surface area contributed by atoms with Gasteiger partial charge in [0, 0.05) is 30.3 Å². The molecule has 0 saturated heterocycles. The van der Waals surface area contributed by atoms with Gasteiger partial charge in [0.25, 0.3) is 5.92 Å². The van der Waals surface area contributed by atoms with Crippen molar-refractivity contribution in [1.82, 2.24) is 0 Å². The van der Waals surface area contributed by atoms with Gasteiger partial charge in [-0.2, -0.15) is 0 Å². The van der Waals surface area contributed by atoms with E-state index in [2.05, 4.69) is 22.7 Å². The number of benzene rings is 2. The van der Waals surface area contributed by atoms with E-state index in [-0.39, 0.29) is 11.5 Å². The predicted molar refractivity (Wildman–Crippen MR) is 127 cm³/mol. The third-order valence-electron chi connectivity index (χ3n) is 4.90. The largest absolute Gasteiger partial charge is 0.437 e. The molecule has 0 aliphatic heterocycles. The molecular weight excluding hydrogens is 428 g/mol. The molecule has 0 heterocycles. The number of rotatable bonds is 12. The molecule has 0 bridgehead atoms. The maximum Gasteiger partial charge on any atom is 0.437 e. The fourth-order valence-electron chi connectivity index (χ4n) is 3.09. The summed E-state index contributed by atoms with van der Waals surface area (Å²) >= 11 is 0. The van der Waals surface area contributed by atoms with Crippen molar-refractivity contribution in [2.45, 2.75) is 64.7 Å². The lowest BCUT2D eigenvalue weighted by Gasteiger charge is -2.10. The van der Waals surface area contributed by atoms with E-state index in [4.69, 9.17) is 4.84 Å². The zero-order chi connectivity index (χ0) is 24.1. The third kappa shape index (κ3) is 10.2. The lowest BCUT2D eigenvalue weighted by Crippen LogP contribution is -2.12. The van der Waals surface area contributed by atoms with Gasteiger partial charge in [0.15, 0.2) is 0 Å². The highest BCUT2D eigenvalue weighted by Crippen LogP contribution is 2.26. The van der Waals surface area contributed by atoms with Crippen molar-refractivity contribution >= 4 is 29.6 Å². The molecule has 6 nitrogen and oxygen atoms in total. The Labute approximate surface area is 193 Å². The Bertz CT molecular complexity index is 925. The van der Waals surface area contributed by atoms with Crippen LogP contribution in [0.1, 0.15) is 69.9 Å². The van der Waals surface area contributed by atoms with Crippen LogP contribution in [0.2, 0.25) is 0 Å². The molecule has 33 heavy (non-hydrogen) atoms. The fourth-order valence-corrected chi connectivity index (χ4v) is 3.09. The molecule has 0 aliphatic rings. The number of hydrogen-bond acceptors (Lipinski definition) is 4. The first kappa shape index (κ1) is 26.0. The van der Waals surface area contributed by atoms with E-state index in [1.54, 1.807) is 30.3 Å². The maximum atomic E-state index is 13.4. The molecule has 0 spiro atoms. The number of hydrogen-bond donors (Lipinski definition) is 2. The zero-order valence-electron chi connectivity index (χ0n) is 19.1. The number of unbranched alkanes of at least 4 members (excludes halogenated alkanes) is 5. The van der Waals surface area contributed by atoms with Crippen molar-refractivity contribution in [2.75, 3.05) is 10.6 Å². The summed E-state index contributed by atoms with van der Waals surface area (Å²) in [7, 11) is 0. The number of nitrogens with one attached hydrogen (secondary N) is 2. The normalized spacial score (nSPS) is 11.4. The molecule has 2 aromatic rings. The van der Waals surface area contributed by atoms with Gasteiger partial charge in [-0.3, -0.25) is 14.9 Å². The Hall–Kier alpha value is -3.29. The first-order valence-corrected chi connectivity index (χ1v) is 11.2. The molecule has 2 rings (SSSR count). The van der Waals surface area contributed by atoms with Crippen LogP contribution in [0.25, 0.3) is 0 Å². The summed E-state index contributed by atoms with van der Waals surface area (Å²) in [4.78, 5) is 28.6. The van der Waals surface area contributed by atoms with Gasteiger partial charge in [0.1, 0.15) is 0 Å². The number of halogens is 2. The van der Waals surface area contributed by atoms with E-state index in [0.29, 0.717) is 23.4 Å². The monoisotopic (exact) mass is 459 g/mol. The van der Waals surface area contributed by atoms with Gasteiger partial charge in [0.05, 0.1) is 6.21 Å². The van der Waals surface area contributed by atoms with Gasteiger partial charge in [0.2, 0.25) is 5.91 Å². The first-order valence-electron chi connectivity index (χ1n) is 11.2. The summed E-state index contributed by atoms with van der Waals surface area (Å²) in [5.74, 6) is -3.01. The molecule has 0 radical (unpaired) electrons. The molecule has 2 N–H and O–H groups in total. The molecule has 8 heteroatoms. The topological polar surface area (TPSA) is 79.8 Å². The molecule has 0 atom stereocenters. The van der Waals surface area contributed by atoms with E-state index in [1.165, 1.54) is 43.7 Å². The van der Waals surface area contributed by atoms with Crippen LogP contribution in [0.4, 0.5) is 25.0 Å². The minimum atomic E-state index is -2.97. The second-order valence-corrected chi connectivity index (χ2v) is 7.90. The highest BCUT2D eigenvalue weighted by Gasteiger charge is 2.23. The standard InChI is InChI=1S/C25H31F2N3O3/c1-3-4-5-6-7-8-12-23(31)29-21-13-15-22(16-14-21)30-24(32)33-28-18-19-10-9-11-20(17-19)25(2,26)27/h9-11,13-18H,3-8,12H2,1-2H3,(H,29,31)(H,30,32)/b28-18+. The molecule has 0 saturated carbocycles. The van der Waals surface area contributed by atoms with Crippen LogP contribution in [0.3, 0.4) is 0 Å². The van der Waals surface area contributed by atoms with Crippen molar-refractivity contribution in [1.29, 1.82) is 0 Å². The Morgan fingerprint density at radius 1 is 0.970 bits per heavy atom. The van der Waals surface area contributed by atoms with Gasteiger partial charge in [-0.25, -0.2) is 13.6 Å². The molecular formula is C25H31F2N3O3. The highest BCUT2D eigenvalue weighted by molar-refractivity contribution is 5.91. The number of nitrogens with zero attached hydrogens (tertiary/aromatic N) is 1. The van der Waals surface area contributed by atoms with Crippen molar-refractivity contribution in [3.63, 3.8) is 0 Å². The Morgan fingerprint density at radius 3 is 2.27 bits per heavy atom. The molecule has 0 unspecified atom stereocenters. The van der Waals surface area contributed by atoms with E-state index in [0.717, 1.165) is 26.2 Å². The van der Waals surface area contributed by atoms with Crippen LogP contribution in [-0.4, -0.2) is 18.2 Å². The minimum absolute atomic E-state index is 0.0372. The zero-order valence-corrected chi connectivity index (χ0v) is 19.1. The first-order chi connectivity index (χ1) is 15.8. The predicted octanol–water partition coefficient (Wildman–Crippen LogP) is 7.07. The summed E-state index contributed by atoms with van der Waals surface area (Å²) < 4.78 is 26.7. The van der Waals surface area contributed by atoms with Crippen LogP contribution >= 0.6 is 0 Å².